The van der Waals surface area contributed by atoms with E-state index in [0.717, 1.165) is 43.2 Å². The van der Waals surface area contributed by atoms with Gasteiger partial charge in [0.1, 0.15) is 24.2 Å². The van der Waals surface area contributed by atoms with Crippen LogP contribution in [-0.2, 0) is 34.9 Å². The molecule has 2 aromatic carbocycles. The Bertz CT molecular complexity index is 1830. The van der Waals surface area contributed by atoms with Crippen molar-refractivity contribution in [1.29, 1.82) is 0 Å². The highest BCUT2D eigenvalue weighted by molar-refractivity contribution is 6.47. The third-order valence-electron chi connectivity index (χ3n) is 13.1. The molecule has 1 heterocycles. The minimum Gasteiger partial charge on any atom is -0.404 e. The summed E-state index contributed by atoms with van der Waals surface area (Å²) in [5.41, 5.74) is 9.06. The Morgan fingerprint density at radius 2 is 1.38 bits per heavy atom. The Labute approximate surface area is 355 Å². The molecule has 8 N–H and O–H groups in total. The van der Waals surface area contributed by atoms with E-state index in [9.17, 15) is 29.1 Å². The highest BCUT2D eigenvalue weighted by Crippen LogP contribution is 2.65. The topological polar surface area (TPSA) is 210 Å². The van der Waals surface area contributed by atoms with E-state index < -0.39 is 78.5 Å². The number of benzene rings is 2. The quantitative estimate of drug-likeness (QED) is 0.0768. The third-order valence-corrected chi connectivity index (χ3v) is 13.1. The fraction of sp³-hybridized carbons (Fsp3) is 0.622. The lowest BCUT2D eigenvalue weighted by molar-refractivity contribution is -0.199. The molecule has 1 unspecified atom stereocenters. The number of hydrogen-bond acceptors (Lipinski definition) is 9. The Kier molecular flexibility index (Phi) is 15.6. The number of amides is 5. The number of aryl methyl sites for hydroxylation is 1. The van der Waals surface area contributed by atoms with Gasteiger partial charge < -0.3 is 46.7 Å². The van der Waals surface area contributed by atoms with E-state index in [1.165, 1.54) is 26.3 Å². The number of aliphatic hydroxyl groups excluding tert-OH is 1. The average Bonchev–Trinajstić information content (AvgIpc) is 3.59. The number of nitrogens with two attached hydrogens (primary N) is 1. The predicted octanol–water partition coefficient (Wildman–Crippen LogP) is 3.57. The second-order valence-corrected chi connectivity index (χ2v) is 18.0. The van der Waals surface area contributed by atoms with Gasteiger partial charge in [-0.2, -0.15) is 0 Å². The molecule has 14 nitrogen and oxygen atoms in total. The highest BCUT2D eigenvalue weighted by atomic mass is 16.7. The molecule has 4 aliphatic rings. The molecule has 0 spiro atoms. The lowest BCUT2D eigenvalue weighted by atomic mass is 9.43. The van der Waals surface area contributed by atoms with Crippen LogP contribution in [0, 0.1) is 17.3 Å². The molecule has 6 rings (SSSR count). The van der Waals surface area contributed by atoms with Crippen LogP contribution in [0.3, 0.4) is 0 Å². The van der Waals surface area contributed by atoms with Crippen LogP contribution in [0.5, 0.6) is 0 Å². The molecule has 3 aliphatic carbocycles. The van der Waals surface area contributed by atoms with E-state index in [2.05, 4.69) is 78.5 Å². The maximum atomic E-state index is 13.6. The Morgan fingerprint density at radius 1 is 0.783 bits per heavy atom. The van der Waals surface area contributed by atoms with Gasteiger partial charge in [0.05, 0.1) is 23.8 Å². The van der Waals surface area contributed by atoms with Crippen LogP contribution >= 0.6 is 0 Å². The van der Waals surface area contributed by atoms with Crippen LogP contribution in [0.4, 0.5) is 0 Å². The van der Waals surface area contributed by atoms with Crippen molar-refractivity contribution < 1.29 is 38.4 Å². The number of rotatable bonds is 20. The first-order valence-corrected chi connectivity index (χ1v) is 21.8. The minimum absolute atomic E-state index is 0.0382. The summed E-state index contributed by atoms with van der Waals surface area (Å²) in [4.78, 5) is 66.8. The first-order chi connectivity index (χ1) is 28.4. The Hall–Kier alpha value is -4.31. The monoisotopic (exact) mass is 831 g/mol. The summed E-state index contributed by atoms with van der Waals surface area (Å²) >= 11 is 0. The van der Waals surface area contributed by atoms with Crippen LogP contribution in [0.25, 0.3) is 11.1 Å². The van der Waals surface area contributed by atoms with Gasteiger partial charge in [0, 0.05) is 5.56 Å². The number of carbonyl (C=O) groups excluding carboxylic acids is 5. The number of unbranched alkanes of at least 4 members (excludes halogenated alkanes) is 2. The number of hydrogen-bond donors (Lipinski definition) is 7. The second-order valence-electron chi connectivity index (χ2n) is 18.0. The molecule has 328 valence electrons. The summed E-state index contributed by atoms with van der Waals surface area (Å²) in [7, 11) is -0.628. The highest BCUT2D eigenvalue weighted by Gasteiger charge is 2.68. The summed E-state index contributed by atoms with van der Waals surface area (Å²) in [6.45, 7) is 15.3. The predicted molar refractivity (Wildman–Crippen MR) is 231 cm³/mol. The summed E-state index contributed by atoms with van der Waals surface area (Å²) in [6, 6.07) is 10.9. The number of aliphatic hydroxyl groups is 1. The van der Waals surface area contributed by atoms with Crippen molar-refractivity contribution in [1.82, 2.24) is 26.6 Å². The first-order valence-electron chi connectivity index (χ1n) is 21.8. The Balaban J connectivity index is 1.12. The summed E-state index contributed by atoms with van der Waals surface area (Å²) < 4.78 is 12.8. The second kappa shape index (κ2) is 20.0. The lowest BCUT2D eigenvalue weighted by Crippen LogP contribution is -2.65. The maximum Gasteiger partial charge on any atom is 0.481 e. The van der Waals surface area contributed by atoms with E-state index in [1.54, 1.807) is 19.1 Å². The summed E-state index contributed by atoms with van der Waals surface area (Å²) in [6.07, 6.45) is 5.30. The summed E-state index contributed by atoms with van der Waals surface area (Å²) in [5, 5.41) is 24.0. The molecule has 2 bridgehead atoms. The molecule has 60 heavy (non-hydrogen) atoms. The molecule has 2 aromatic rings. The normalized spacial score (nSPS) is 24.3. The van der Waals surface area contributed by atoms with Gasteiger partial charge in [0.25, 0.3) is 5.91 Å². The van der Waals surface area contributed by atoms with Crippen molar-refractivity contribution in [3.05, 3.63) is 59.7 Å². The van der Waals surface area contributed by atoms with Crippen LogP contribution in [0.15, 0.2) is 48.5 Å². The average molecular weight is 831 g/mol. The lowest BCUT2D eigenvalue weighted by Gasteiger charge is -2.64. The fourth-order valence-corrected chi connectivity index (χ4v) is 9.03. The van der Waals surface area contributed by atoms with E-state index in [1.807, 2.05) is 12.1 Å². The molecule has 3 saturated carbocycles. The van der Waals surface area contributed by atoms with E-state index in [4.69, 9.17) is 15.0 Å². The minimum atomic E-state index is -1.45. The van der Waals surface area contributed by atoms with Gasteiger partial charge in [0.2, 0.25) is 23.6 Å². The molecular formula is C45H67BN6O8. The van der Waals surface area contributed by atoms with Crippen molar-refractivity contribution in [2.24, 2.45) is 23.0 Å². The van der Waals surface area contributed by atoms with Gasteiger partial charge in [-0.25, -0.2) is 0 Å². The van der Waals surface area contributed by atoms with Crippen LogP contribution in [-0.4, -0.2) is 96.2 Å². The zero-order valence-corrected chi connectivity index (χ0v) is 36.6. The van der Waals surface area contributed by atoms with Crippen molar-refractivity contribution in [3.63, 3.8) is 0 Å². The smallest absolute Gasteiger partial charge is 0.404 e. The maximum absolute atomic E-state index is 13.6. The Morgan fingerprint density at radius 3 is 1.97 bits per heavy atom. The molecule has 4 fully saturated rings. The number of nitrogens with one attached hydrogen (secondary N) is 5. The van der Waals surface area contributed by atoms with Gasteiger partial charge in [-0.15, -0.1) is 0 Å². The third kappa shape index (κ3) is 10.8. The zero-order valence-electron chi connectivity index (χ0n) is 36.6. The molecule has 1 aliphatic heterocycles. The van der Waals surface area contributed by atoms with Gasteiger partial charge in [-0.05, 0) is 132 Å². The van der Waals surface area contributed by atoms with Crippen molar-refractivity contribution >= 4 is 36.7 Å². The van der Waals surface area contributed by atoms with Crippen LogP contribution < -0.4 is 32.3 Å². The largest absolute Gasteiger partial charge is 0.481 e. The van der Waals surface area contributed by atoms with E-state index >= 15 is 0 Å². The van der Waals surface area contributed by atoms with Crippen LogP contribution in [0.1, 0.15) is 116 Å². The molecule has 15 heteroatoms. The molecule has 0 aromatic heterocycles. The van der Waals surface area contributed by atoms with Crippen LogP contribution in [0.2, 0.25) is 0 Å². The van der Waals surface area contributed by atoms with E-state index in [-0.39, 0.29) is 17.9 Å². The fourth-order valence-electron chi connectivity index (χ4n) is 9.03. The SMILES string of the molecule is CCCCc1ccc(-c2ccc(C(=O)N[C@@H](CCCCN)C(=O)N[C@H](C(=O)N[C@@H](C)C(=O)N[C@@H](C)C(=O)N[C@@H](C)B3OC4C[C@@H]5C[C@@H](C5(C)C)[C@]4(C)O3)[C@@H](C)O)cc2)cc1. The molecular weight excluding hydrogens is 763 g/mol. The molecule has 0 radical (unpaired) electrons. The molecule has 1 saturated heterocycles. The van der Waals surface area contributed by atoms with Gasteiger partial charge in [-0.1, -0.05) is 63.6 Å². The van der Waals surface area contributed by atoms with Crippen molar-refractivity contribution in [2.45, 2.75) is 155 Å². The zero-order chi connectivity index (χ0) is 43.9. The van der Waals surface area contributed by atoms with Crippen molar-refractivity contribution in [3.8, 4) is 11.1 Å². The van der Waals surface area contributed by atoms with Gasteiger partial charge in [-0.3, -0.25) is 24.0 Å². The summed E-state index contributed by atoms with van der Waals surface area (Å²) in [5.74, 6) is -2.60. The van der Waals surface area contributed by atoms with Gasteiger partial charge in [0.15, 0.2) is 0 Å². The standard InChI is InChI=1S/C45H67BN6O8/c1-9-10-13-30-15-17-31(18-16-30)32-19-21-33(22-20-32)41(56)51-35(14-11-12-23-47)42(57)52-38(28(4)53)43(58)49-26(2)39(54)48-27(3)40(55)50-29(5)46-59-37-25-34-24-36(44(34,6)7)45(37,8)60-46/h15-22,26-29,34-38,53H,9-14,23-25,47H2,1-8H3,(H,48,54)(H,49,58)(H,50,55)(H,51,56)(H,52,57)/t26-,27-,28+,29-,34-,35-,36-,37?,38-,45-/m0/s1. The van der Waals surface area contributed by atoms with E-state index in [0.29, 0.717) is 36.8 Å². The number of carbonyl (C=O) groups is 5. The molecule has 10 atom stereocenters. The van der Waals surface area contributed by atoms with Crippen molar-refractivity contribution in [2.75, 3.05) is 6.54 Å². The molecule has 5 amide bonds. The first kappa shape index (κ1) is 46.8. The van der Waals surface area contributed by atoms with Gasteiger partial charge >= 0.3 is 7.12 Å².